The molecule has 0 aliphatic carbocycles. The van der Waals surface area contributed by atoms with Gasteiger partial charge in [0.25, 0.3) is 0 Å². The molecule has 0 saturated carbocycles. The number of nitrogens with zero attached hydrogens (tertiary/aromatic N) is 6. The van der Waals surface area contributed by atoms with Gasteiger partial charge in [-0.1, -0.05) is 40.9 Å². The molecule has 0 unspecified atom stereocenters. The molecule has 0 radical (unpaired) electrons. The van der Waals surface area contributed by atoms with Crippen LogP contribution in [-0.2, 0) is 17.9 Å². The molecule has 2 saturated heterocycles. The molecule has 6 rings (SSSR count). The highest BCUT2D eigenvalue weighted by Gasteiger charge is 2.32. The first kappa shape index (κ1) is 27.4. The van der Waals surface area contributed by atoms with Crippen molar-refractivity contribution in [2.45, 2.75) is 44.8 Å². The molecule has 0 bridgehead atoms. The first-order valence-electron chi connectivity index (χ1n) is 14.3. The number of hydrogen-bond acceptors (Lipinski definition) is 4. The average Bonchev–Trinajstić information content (AvgIpc) is 3.29. The Hall–Kier alpha value is -3.82. The number of nitrogens with one attached hydrogen (secondary N) is 1. The number of benzene rings is 2. The van der Waals surface area contributed by atoms with Crippen molar-refractivity contribution in [1.82, 2.24) is 23.9 Å². The van der Waals surface area contributed by atoms with Crippen LogP contribution in [0.3, 0.4) is 0 Å². The predicted octanol–water partition coefficient (Wildman–Crippen LogP) is 3.71. The van der Waals surface area contributed by atoms with Gasteiger partial charge >= 0.3 is 11.5 Å². The number of piperidine rings is 2. The molecule has 4 heterocycles. The Bertz CT molecular complexity index is 1600. The van der Waals surface area contributed by atoms with E-state index in [0.29, 0.717) is 30.5 Å². The van der Waals surface area contributed by atoms with Gasteiger partial charge in [-0.2, -0.15) is 0 Å². The number of carbonyl (C=O) groups is 1. The number of aromatic nitrogens is 3. The Morgan fingerprint density at radius 1 is 0.902 bits per heavy atom. The van der Waals surface area contributed by atoms with E-state index in [1.165, 1.54) is 0 Å². The van der Waals surface area contributed by atoms with Crippen molar-refractivity contribution < 1.29 is 9.91 Å². The number of fused-ring (bicyclic) bond motifs is 1. The van der Waals surface area contributed by atoms with E-state index >= 15 is 0 Å². The van der Waals surface area contributed by atoms with E-state index in [0.717, 1.165) is 67.5 Å². The quantitative estimate of drug-likeness (QED) is 0.342. The van der Waals surface area contributed by atoms with E-state index in [4.69, 9.17) is 17.1 Å². The highest BCUT2D eigenvalue weighted by atomic mass is 35.5. The maximum Gasteiger partial charge on any atom is 0.329 e. The summed E-state index contributed by atoms with van der Waals surface area (Å²) in [5, 5.41) is 2.77. The summed E-state index contributed by atoms with van der Waals surface area (Å²) in [5.74, 6) is 0.722. The third kappa shape index (κ3) is 5.83. The number of pyridine rings is 1. The van der Waals surface area contributed by atoms with Crippen LogP contribution in [0.25, 0.3) is 16.6 Å². The zero-order chi connectivity index (χ0) is 28.3. The van der Waals surface area contributed by atoms with Crippen molar-refractivity contribution in [1.29, 1.82) is 0 Å². The molecule has 2 aromatic heterocycles. The standard InChI is InChI=1S/C31H34ClN7O2/c32-25-7-5-22(6-8-25)21-38-27-3-1-2-4-28(27)39(31(38)41)26-12-17-37(18-13-26)30(40)24-10-15-36(16-11-24)20-23-9-14-34-29(19-23)35-33/h1-9,14,19,24,26,35H,10-13,15-18,20-21H2. The molecule has 10 heteroatoms. The number of imidazole rings is 1. The van der Waals surface area contributed by atoms with Crippen molar-refractivity contribution in [2.75, 3.05) is 26.2 Å². The second-order valence-electron chi connectivity index (χ2n) is 11.1. The molecule has 2 fully saturated rings. The maximum atomic E-state index is 13.7. The van der Waals surface area contributed by atoms with Crippen molar-refractivity contribution >= 4 is 34.4 Å². The lowest BCUT2D eigenvalue weighted by Crippen LogP contribution is -2.55. The van der Waals surface area contributed by atoms with Crippen LogP contribution >= 0.6 is 11.6 Å². The van der Waals surface area contributed by atoms with E-state index in [9.17, 15) is 9.59 Å². The van der Waals surface area contributed by atoms with E-state index in [1.807, 2.05) is 74.7 Å². The van der Waals surface area contributed by atoms with E-state index in [2.05, 4.69) is 15.0 Å². The summed E-state index contributed by atoms with van der Waals surface area (Å²) < 4.78 is 3.79. The van der Waals surface area contributed by atoms with Crippen molar-refractivity contribution in [3.63, 3.8) is 0 Å². The number of para-hydroxylation sites is 2. The Morgan fingerprint density at radius 3 is 2.32 bits per heavy atom. The molecule has 1 N–H and O–H groups in total. The third-order valence-electron chi connectivity index (χ3n) is 8.55. The first-order chi connectivity index (χ1) is 20.0. The smallest absolute Gasteiger partial charge is 0.329 e. The molecule has 9 nitrogen and oxygen atoms in total. The summed E-state index contributed by atoms with van der Waals surface area (Å²) in [6.45, 7) is 4.31. The van der Waals surface area contributed by atoms with Gasteiger partial charge in [0.1, 0.15) is 6.20 Å². The van der Waals surface area contributed by atoms with Crippen molar-refractivity contribution in [3.8, 4) is 0 Å². The lowest BCUT2D eigenvalue weighted by atomic mass is 9.93. The second-order valence-corrected chi connectivity index (χ2v) is 11.6. The normalized spacial score (nSPS) is 17.2. The van der Waals surface area contributed by atoms with E-state index < -0.39 is 0 Å². The fourth-order valence-electron chi connectivity index (χ4n) is 6.34. The minimum atomic E-state index is -0.00520. The molecular formula is C31H34ClN7O2. The van der Waals surface area contributed by atoms with Crippen molar-refractivity contribution in [2.24, 2.45) is 5.92 Å². The topological polar surface area (TPSA) is 99.6 Å². The summed E-state index contributed by atoms with van der Waals surface area (Å²) in [6.07, 6.45) is 4.89. The Labute approximate surface area is 243 Å². The zero-order valence-electron chi connectivity index (χ0n) is 23.0. The fraction of sp³-hybridized carbons (Fsp3) is 0.387. The van der Waals surface area contributed by atoms with Crippen LogP contribution in [0, 0.1) is 5.92 Å². The van der Waals surface area contributed by atoms with Gasteiger partial charge in [0.15, 0.2) is 0 Å². The number of carbonyl (C=O) groups excluding carboxylic acids is 1. The van der Waals surface area contributed by atoms with Crippen LogP contribution in [0.5, 0.6) is 0 Å². The Balaban J connectivity index is 1.08. The fourth-order valence-corrected chi connectivity index (χ4v) is 6.47. The highest BCUT2D eigenvalue weighted by Crippen LogP contribution is 2.29. The average molecular weight is 572 g/mol. The summed E-state index contributed by atoms with van der Waals surface area (Å²) in [7, 11) is 0. The van der Waals surface area contributed by atoms with Gasteiger partial charge < -0.3 is 15.5 Å². The summed E-state index contributed by atoms with van der Waals surface area (Å²) in [6, 6.07) is 19.4. The number of rotatable bonds is 7. The Kier molecular flexibility index (Phi) is 7.98. The molecule has 1 amide bonds. The zero-order valence-corrected chi connectivity index (χ0v) is 23.7. The monoisotopic (exact) mass is 571 g/mol. The number of amides is 1. The van der Waals surface area contributed by atoms with Gasteiger partial charge in [-0.15, -0.1) is 0 Å². The van der Waals surface area contributed by atoms with Gasteiger partial charge in [-0.25, -0.2) is 4.79 Å². The summed E-state index contributed by atoms with van der Waals surface area (Å²) in [4.78, 5) is 35.6. The molecule has 0 spiro atoms. The van der Waals surface area contributed by atoms with Gasteiger partial charge in [0, 0.05) is 42.7 Å². The minimum Gasteiger partial charge on any atom is -0.614 e. The molecule has 0 atom stereocenters. The molecule has 2 aliphatic rings. The highest BCUT2D eigenvalue weighted by molar-refractivity contribution is 6.30. The van der Waals surface area contributed by atoms with Gasteiger partial charge in [0.2, 0.25) is 5.91 Å². The third-order valence-corrected chi connectivity index (χ3v) is 8.80. The van der Waals surface area contributed by atoms with Crippen LogP contribution in [0.1, 0.15) is 42.9 Å². The SMILES string of the molecule is [N-]=[NH+]c1cc(CN2CCC(C(=O)N3CCC(n4c(=O)n(Cc5ccc(Cl)cc5)c5ccccc54)CC3)CC2)ccn1. The summed E-state index contributed by atoms with van der Waals surface area (Å²) in [5.41, 5.74) is 13.1. The minimum absolute atomic E-state index is 0.00520. The summed E-state index contributed by atoms with van der Waals surface area (Å²) >= 11 is 6.06. The maximum absolute atomic E-state index is 13.7. The molecule has 2 aromatic carbocycles. The predicted molar refractivity (Wildman–Crippen MR) is 158 cm³/mol. The molecule has 41 heavy (non-hydrogen) atoms. The molecule has 4 aromatic rings. The van der Waals surface area contributed by atoms with Crippen LogP contribution < -0.4 is 10.8 Å². The van der Waals surface area contributed by atoms with Crippen LogP contribution in [0.4, 0.5) is 5.82 Å². The number of hydrogen-bond donors (Lipinski definition) is 1. The molecular weight excluding hydrogens is 538 g/mol. The van der Waals surface area contributed by atoms with Crippen molar-refractivity contribution in [3.05, 3.63) is 99.0 Å². The largest absolute Gasteiger partial charge is 0.614 e. The molecule has 2 aliphatic heterocycles. The van der Waals surface area contributed by atoms with Crippen LogP contribution in [-0.4, -0.2) is 56.0 Å². The number of halogens is 1. The van der Waals surface area contributed by atoms with Crippen LogP contribution in [0.2, 0.25) is 5.02 Å². The van der Waals surface area contributed by atoms with E-state index in [1.54, 1.807) is 6.20 Å². The first-order valence-corrected chi connectivity index (χ1v) is 14.7. The van der Waals surface area contributed by atoms with Crippen LogP contribution in [0.15, 0.2) is 71.7 Å². The Morgan fingerprint density at radius 2 is 1.61 bits per heavy atom. The number of likely N-dealkylation sites (tertiary alicyclic amines) is 2. The lowest BCUT2D eigenvalue weighted by molar-refractivity contribution is -0.384. The van der Waals surface area contributed by atoms with Gasteiger partial charge in [-0.05, 0) is 80.2 Å². The lowest BCUT2D eigenvalue weighted by Gasteiger charge is -2.37. The second kappa shape index (κ2) is 12.0. The molecule has 212 valence electrons. The van der Waals surface area contributed by atoms with E-state index in [-0.39, 0.29) is 23.6 Å². The van der Waals surface area contributed by atoms with Gasteiger partial charge in [0.05, 0.1) is 17.6 Å². The van der Waals surface area contributed by atoms with Gasteiger partial charge in [-0.3, -0.25) is 18.8 Å².